The summed E-state index contributed by atoms with van der Waals surface area (Å²) < 4.78 is 43.4. The standard InChI is InChI=1S/C78H115FN12O20S/c1-16-46(6)68(88(12)75(103)66(44(2)3)86-73(101)67(45(4)5)87(10)11)58(107-14)37-63(95)90-41-53(36-56(90)69(108-15)48(8)70(98)82-40-47(7)51-25-28-57(106-13)54(79)35-51)110-77(105)109-42-50-23-26-52(27-24-50)84-72(100)55(21-20-33-81-76(80)104)85-71(99)49(9)83-60(92)22-18-17-19-34-89-64(96)38-59(74(89)102)112-43-78(31-32-78)39-65(97)111-91-61(93)29-30-62(91)94/h23-28,35,44-46,48-49,53,55-56,58-59,66-69H,7,16-22,29-34,36-43H2,1-6,8-15H3,(H,82,98)(H,83,92)(H,84,100)(H,85,99)(H,86,101)(H3,80,81,104)/t46-,48+,49?,53-,55-,56-,58+,59?,66-,67-,68?,69+/m0/s1. The first-order valence-electron chi connectivity index (χ1n) is 38.2. The normalized spacial score (nSPS) is 19.0. The number of thioether (sulfide) groups is 1. The molecular weight excluding hydrogens is 1480 g/mol. The van der Waals surface area contributed by atoms with E-state index in [1.807, 2.05) is 41.5 Å². The fourth-order valence-corrected chi connectivity index (χ4v) is 15.7. The van der Waals surface area contributed by atoms with Crippen LogP contribution in [0.25, 0.3) is 5.57 Å². The number of likely N-dealkylation sites (N-methyl/N-ethyl adjacent to an activating group) is 2. The van der Waals surface area contributed by atoms with Crippen molar-refractivity contribution < 1.29 is 100 Å². The predicted octanol–water partition coefficient (Wildman–Crippen LogP) is 5.52. The van der Waals surface area contributed by atoms with Crippen LogP contribution in [0.15, 0.2) is 49.0 Å². The highest BCUT2D eigenvalue weighted by Crippen LogP contribution is 2.52. The zero-order valence-electron chi connectivity index (χ0n) is 66.9. The van der Waals surface area contributed by atoms with Gasteiger partial charge in [-0.15, -0.1) is 16.8 Å². The van der Waals surface area contributed by atoms with Crippen molar-refractivity contribution in [1.29, 1.82) is 0 Å². The zero-order valence-corrected chi connectivity index (χ0v) is 67.8. The molecule has 0 radical (unpaired) electrons. The second-order valence-corrected chi connectivity index (χ2v) is 31.6. The molecular formula is C78H115FN12O20S. The molecule has 112 heavy (non-hydrogen) atoms. The van der Waals surface area contributed by atoms with E-state index in [0.29, 0.717) is 66.0 Å². The third kappa shape index (κ3) is 26.1. The van der Waals surface area contributed by atoms with E-state index in [1.54, 1.807) is 56.1 Å². The lowest BCUT2D eigenvalue weighted by molar-refractivity contribution is -0.198. The molecule has 34 heteroatoms. The van der Waals surface area contributed by atoms with E-state index in [1.165, 1.54) is 74.1 Å². The van der Waals surface area contributed by atoms with Gasteiger partial charge in [0.25, 0.3) is 11.8 Å². The zero-order chi connectivity index (χ0) is 83.0. The summed E-state index contributed by atoms with van der Waals surface area (Å²) in [6, 6.07) is 4.39. The summed E-state index contributed by atoms with van der Waals surface area (Å²) in [5.74, 6) is -7.71. The lowest BCUT2D eigenvalue weighted by Gasteiger charge is -2.41. The Balaban J connectivity index is 1.04. The van der Waals surface area contributed by atoms with Gasteiger partial charge in [-0.2, -0.15) is 0 Å². The van der Waals surface area contributed by atoms with Crippen molar-refractivity contribution in [3.63, 3.8) is 0 Å². The molecule has 12 atom stereocenters. The number of anilines is 1. The fraction of sp³-hybridized carbons (Fsp3) is 0.641. The van der Waals surface area contributed by atoms with E-state index in [9.17, 15) is 66.7 Å². The fourth-order valence-electron chi connectivity index (χ4n) is 14.2. The minimum absolute atomic E-state index is 0.00105. The number of benzene rings is 2. The number of likely N-dealkylation sites (tertiary alicyclic amines) is 2. The maximum absolute atomic E-state index is 15.1. The number of nitrogens with two attached hydrogens (primary N) is 1. The minimum Gasteiger partial charge on any atom is -0.494 e. The van der Waals surface area contributed by atoms with Crippen LogP contribution in [0.5, 0.6) is 5.75 Å². The molecule has 1 aliphatic carbocycles. The Morgan fingerprint density at radius 3 is 2.05 bits per heavy atom. The molecule has 2 aromatic rings. The lowest BCUT2D eigenvalue weighted by Crippen LogP contribution is -2.59. The highest BCUT2D eigenvalue weighted by molar-refractivity contribution is 8.00. The average molecular weight is 1590 g/mol. The Bertz CT molecular complexity index is 3670. The number of imide groups is 2. The number of unbranched alkanes of at least 4 members (excludes halogenated alkanes) is 2. The number of methoxy groups -OCH3 is 3. The minimum atomic E-state index is -1.17. The van der Waals surface area contributed by atoms with Gasteiger partial charge in [0, 0.05) is 84.4 Å². The van der Waals surface area contributed by atoms with Gasteiger partial charge >= 0.3 is 18.2 Å². The highest BCUT2D eigenvalue weighted by atomic mass is 32.2. The van der Waals surface area contributed by atoms with Crippen LogP contribution in [-0.4, -0.2) is 242 Å². The Morgan fingerprint density at radius 2 is 1.46 bits per heavy atom. The SMILES string of the molecule is C=C(CNC(=O)[C@H](C)[C@@H](OC)[C@@H]1C[C@H](OC(=O)OCc2ccc(NC(=O)[C@H](CCCNC(N)=O)NC(=O)C(C)NC(=O)CCCCCN3C(=O)CC(SCC4(CC(=O)ON5C(=O)CCC5=O)CC4)C3=O)cc2)CN1C(=O)C[C@@H](OC)C([C@@H](C)CC)N(C)C(=O)[C@@H](NC(=O)[C@H](C(C)C)N(C)C)C(C)C)c1ccc(OC)c(F)c1. The molecule has 3 unspecified atom stereocenters. The molecule has 0 bridgehead atoms. The molecule has 3 aliphatic heterocycles. The van der Waals surface area contributed by atoms with Crippen molar-refractivity contribution in [2.75, 3.05) is 79.7 Å². The largest absolute Gasteiger partial charge is 0.508 e. The van der Waals surface area contributed by atoms with Crippen LogP contribution in [-0.2, 0) is 87.9 Å². The van der Waals surface area contributed by atoms with Gasteiger partial charge in [0.2, 0.25) is 53.2 Å². The molecule has 0 aromatic heterocycles. The molecule has 32 nitrogen and oxygen atoms in total. The second kappa shape index (κ2) is 43.1. The number of rotatable bonds is 45. The monoisotopic (exact) mass is 1590 g/mol. The number of urea groups is 1. The van der Waals surface area contributed by atoms with E-state index in [2.05, 4.69) is 38.5 Å². The molecule has 8 N–H and O–H groups in total. The van der Waals surface area contributed by atoms with Gasteiger partial charge < -0.3 is 76.0 Å². The number of hydrogen-bond acceptors (Lipinski definition) is 22. The van der Waals surface area contributed by atoms with Gasteiger partial charge in [-0.25, -0.2) is 18.8 Å². The van der Waals surface area contributed by atoms with Crippen LogP contribution >= 0.6 is 11.8 Å². The number of nitrogens with zero attached hydrogens (tertiary/aromatic N) is 5. The van der Waals surface area contributed by atoms with Gasteiger partial charge in [-0.1, -0.05) is 86.1 Å². The summed E-state index contributed by atoms with van der Waals surface area (Å²) in [4.78, 5) is 197. The molecule has 13 amide bonds. The maximum atomic E-state index is 15.1. The van der Waals surface area contributed by atoms with Crippen molar-refractivity contribution in [2.45, 2.75) is 218 Å². The molecule has 3 saturated heterocycles. The Kier molecular flexibility index (Phi) is 35.3. The van der Waals surface area contributed by atoms with Gasteiger partial charge in [-0.05, 0) is 124 Å². The Labute approximate surface area is 658 Å². The van der Waals surface area contributed by atoms with Gasteiger partial charge in [-0.3, -0.25) is 62.5 Å². The number of nitrogens with one attached hydrogen (secondary N) is 6. The summed E-state index contributed by atoms with van der Waals surface area (Å²) in [5, 5.41) is 16.2. The number of hydroxylamine groups is 2. The van der Waals surface area contributed by atoms with Crippen LogP contribution in [0.3, 0.4) is 0 Å². The molecule has 4 fully saturated rings. The molecule has 2 aromatic carbocycles. The highest BCUT2D eigenvalue weighted by Gasteiger charge is 2.50. The molecule has 1 saturated carbocycles. The van der Waals surface area contributed by atoms with Gasteiger partial charge in [0.05, 0.1) is 68.0 Å². The van der Waals surface area contributed by atoms with E-state index >= 15 is 4.79 Å². The van der Waals surface area contributed by atoms with Gasteiger partial charge in [0.1, 0.15) is 30.8 Å². The number of amides is 13. The summed E-state index contributed by atoms with van der Waals surface area (Å²) in [6.45, 7) is 18.2. The second-order valence-electron chi connectivity index (χ2n) is 30.4. The van der Waals surface area contributed by atoms with Crippen molar-refractivity contribution in [3.8, 4) is 5.75 Å². The van der Waals surface area contributed by atoms with Crippen molar-refractivity contribution in [3.05, 3.63) is 66.0 Å². The average Bonchev–Trinajstić information content (AvgIpc) is 1.59. The number of hydrogen-bond donors (Lipinski definition) is 7. The van der Waals surface area contributed by atoms with E-state index in [0.717, 1.165) is 0 Å². The molecule has 6 rings (SSSR count). The number of ether oxygens (including phenoxy) is 5. The van der Waals surface area contributed by atoms with Crippen molar-refractivity contribution in [2.24, 2.45) is 34.8 Å². The lowest BCUT2D eigenvalue weighted by atomic mass is 9.89. The third-order valence-corrected chi connectivity index (χ3v) is 22.5. The summed E-state index contributed by atoms with van der Waals surface area (Å²) in [5.41, 5.74) is 6.36. The van der Waals surface area contributed by atoms with Crippen LogP contribution in [0.1, 0.15) is 163 Å². The van der Waals surface area contributed by atoms with Crippen LogP contribution in [0, 0.1) is 34.9 Å². The Hall–Kier alpha value is -9.28. The number of halogens is 1. The van der Waals surface area contributed by atoms with Crippen molar-refractivity contribution >= 4 is 106 Å². The number of carbonyl (C=O) groups is 14. The van der Waals surface area contributed by atoms with Crippen LogP contribution in [0.4, 0.5) is 19.7 Å². The first kappa shape index (κ1) is 91.6. The molecule has 3 heterocycles. The van der Waals surface area contributed by atoms with Gasteiger partial charge in [0.15, 0.2) is 11.6 Å². The topological polar surface area (TPSA) is 409 Å². The van der Waals surface area contributed by atoms with E-state index < -0.39 is 136 Å². The third-order valence-electron chi connectivity index (χ3n) is 21.0. The molecule has 620 valence electrons. The van der Waals surface area contributed by atoms with E-state index in [-0.39, 0.29) is 143 Å². The van der Waals surface area contributed by atoms with Crippen LogP contribution in [0.2, 0.25) is 0 Å². The molecule has 4 aliphatic rings. The summed E-state index contributed by atoms with van der Waals surface area (Å²) in [7, 11) is 9.40. The summed E-state index contributed by atoms with van der Waals surface area (Å²) >= 11 is 1.29. The predicted molar refractivity (Wildman–Crippen MR) is 412 cm³/mol. The number of primary amides is 1. The Morgan fingerprint density at radius 1 is 0.786 bits per heavy atom. The van der Waals surface area contributed by atoms with Crippen LogP contribution < -0.4 is 42.4 Å². The first-order valence-corrected chi connectivity index (χ1v) is 39.3. The van der Waals surface area contributed by atoms with E-state index in [4.69, 9.17) is 34.3 Å². The summed E-state index contributed by atoms with van der Waals surface area (Å²) in [6.07, 6.45) is -0.954. The molecule has 0 spiro atoms. The number of carbonyl (C=O) groups excluding carboxylic acids is 14. The first-order chi connectivity index (χ1) is 53.0. The van der Waals surface area contributed by atoms with Crippen molar-refractivity contribution in [1.82, 2.24) is 51.2 Å². The quantitative estimate of drug-likeness (QED) is 0.0244. The maximum Gasteiger partial charge on any atom is 0.508 e. The smallest absolute Gasteiger partial charge is 0.494 e.